The van der Waals surface area contributed by atoms with Gasteiger partial charge < -0.3 is 4.90 Å². The van der Waals surface area contributed by atoms with Crippen LogP contribution < -0.4 is 4.90 Å². The molecule has 0 aliphatic carbocycles. The zero-order chi connectivity index (χ0) is 10.3. The zero-order valence-corrected chi connectivity index (χ0v) is 10.2. The van der Waals surface area contributed by atoms with Crippen LogP contribution in [0.5, 0.6) is 0 Å². The van der Waals surface area contributed by atoms with Gasteiger partial charge in [0.25, 0.3) is 0 Å². The molecule has 1 aromatic rings. The fourth-order valence-electron chi connectivity index (χ4n) is 1.79. The minimum absolute atomic E-state index is 0.00642. The second kappa shape index (κ2) is 3.35. The van der Waals surface area contributed by atoms with Crippen LogP contribution in [0.4, 0.5) is 5.13 Å². The second-order valence-electron chi connectivity index (χ2n) is 4.19. The molecule has 1 aromatic heterocycles. The maximum Gasteiger partial charge on any atom is 0.205 e. The van der Waals surface area contributed by atoms with Crippen LogP contribution in [-0.2, 0) is 0 Å². The predicted octanol–water partition coefficient (Wildman–Crippen LogP) is 2.44. The predicted molar refractivity (Wildman–Crippen MR) is 60.3 cm³/mol. The Kier molecular flexibility index (Phi) is 2.43. The molecule has 78 valence electrons. The van der Waals surface area contributed by atoms with Gasteiger partial charge in [0.2, 0.25) is 5.13 Å². The highest BCUT2D eigenvalue weighted by atomic mass is 35.5. The van der Waals surface area contributed by atoms with Gasteiger partial charge in [0.15, 0.2) is 0 Å². The van der Waals surface area contributed by atoms with Gasteiger partial charge in [-0.3, -0.25) is 0 Å². The highest BCUT2D eigenvalue weighted by Gasteiger charge is 2.41. The number of anilines is 1. The standard InChI is InChI=1S/C9H14ClN3S/c1-6-11-8(14-12-6)13-5-4-7(10)9(13,2)3/h7H,4-5H2,1-3H3. The molecule has 0 bridgehead atoms. The van der Waals surface area contributed by atoms with Crippen LogP contribution >= 0.6 is 23.1 Å². The quantitative estimate of drug-likeness (QED) is 0.696. The van der Waals surface area contributed by atoms with E-state index in [9.17, 15) is 0 Å². The molecule has 1 atom stereocenters. The number of aromatic nitrogens is 2. The first-order chi connectivity index (χ1) is 6.51. The lowest BCUT2D eigenvalue weighted by atomic mass is 10.0. The van der Waals surface area contributed by atoms with Crippen molar-refractivity contribution < 1.29 is 0 Å². The third-order valence-electron chi connectivity index (χ3n) is 2.82. The van der Waals surface area contributed by atoms with Gasteiger partial charge in [0, 0.05) is 18.1 Å². The molecule has 5 heteroatoms. The fourth-order valence-corrected chi connectivity index (χ4v) is 2.86. The molecule has 14 heavy (non-hydrogen) atoms. The highest BCUT2D eigenvalue weighted by molar-refractivity contribution is 7.09. The van der Waals surface area contributed by atoms with E-state index < -0.39 is 0 Å². The minimum Gasteiger partial charge on any atom is -0.340 e. The van der Waals surface area contributed by atoms with Crippen LogP contribution in [0, 0.1) is 6.92 Å². The van der Waals surface area contributed by atoms with Crippen LogP contribution in [0.1, 0.15) is 26.1 Å². The normalized spacial score (nSPS) is 25.7. The van der Waals surface area contributed by atoms with Gasteiger partial charge in [-0.2, -0.15) is 4.37 Å². The summed E-state index contributed by atoms with van der Waals surface area (Å²) in [5.41, 5.74) is -0.00642. The first kappa shape index (κ1) is 10.2. The number of hydrogen-bond donors (Lipinski definition) is 0. The molecule has 2 heterocycles. The summed E-state index contributed by atoms with van der Waals surface area (Å²) in [6.45, 7) is 7.22. The Hall–Kier alpha value is -0.350. The second-order valence-corrected chi connectivity index (χ2v) is 5.44. The summed E-state index contributed by atoms with van der Waals surface area (Å²) in [5.74, 6) is 0.846. The summed E-state index contributed by atoms with van der Waals surface area (Å²) in [4.78, 5) is 6.66. The number of nitrogens with zero attached hydrogens (tertiary/aromatic N) is 3. The summed E-state index contributed by atoms with van der Waals surface area (Å²) >= 11 is 7.73. The molecule has 1 unspecified atom stereocenters. The Morgan fingerprint density at radius 1 is 1.57 bits per heavy atom. The summed E-state index contributed by atoms with van der Waals surface area (Å²) in [6, 6.07) is 0. The summed E-state index contributed by atoms with van der Waals surface area (Å²) in [7, 11) is 0. The number of hydrogen-bond acceptors (Lipinski definition) is 4. The van der Waals surface area contributed by atoms with Gasteiger partial charge in [-0.1, -0.05) is 0 Å². The molecule has 0 saturated carbocycles. The maximum absolute atomic E-state index is 6.27. The molecule has 0 radical (unpaired) electrons. The Bertz CT molecular complexity index is 337. The Labute approximate surface area is 93.3 Å². The molecular weight excluding hydrogens is 218 g/mol. The van der Waals surface area contributed by atoms with Gasteiger partial charge in [-0.05, 0) is 27.2 Å². The van der Waals surface area contributed by atoms with E-state index in [2.05, 4.69) is 28.1 Å². The van der Waals surface area contributed by atoms with E-state index >= 15 is 0 Å². The van der Waals surface area contributed by atoms with Crippen molar-refractivity contribution in [3.05, 3.63) is 5.82 Å². The van der Waals surface area contributed by atoms with E-state index in [1.165, 1.54) is 11.5 Å². The van der Waals surface area contributed by atoms with Crippen molar-refractivity contribution in [2.24, 2.45) is 0 Å². The SMILES string of the molecule is Cc1nsc(N2CCC(Cl)C2(C)C)n1. The largest absolute Gasteiger partial charge is 0.340 e. The van der Waals surface area contributed by atoms with Crippen molar-refractivity contribution in [3.63, 3.8) is 0 Å². The third kappa shape index (κ3) is 1.50. The Balaban J connectivity index is 2.28. The molecule has 3 nitrogen and oxygen atoms in total. The molecule has 1 aliphatic heterocycles. The lowest BCUT2D eigenvalue weighted by Gasteiger charge is -2.32. The minimum atomic E-state index is -0.00642. The molecule has 2 rings (SSSR count). The topological polar surface area (TPSA) is 29.0 Å². The molecule has 0 N–H and O–H groups in total. The lowest BCUT2D eigenvalue weighted by molar-refractivity contribution is 0.523. The molecule has 1 aliphatic rings. The van der Waals surface area contributed by atoms with E-state index in [-0.39, 0.29) is 10.9 Å². The number of aryl methyl sites for hydroxylation is 1. The Morgan fingerprint density at radius 2 is 2.29 bits per heavy atom. The van der Waals surface area contributed by atoms with E-state index in [0.717, 1.165) is 23.9 Å². The molecule has 0 spiro atoms. The van der Waals surface area contributed by atoms with Crippen molar-refractivity contribution in [1.29, 1.82) is 0 Å². The summed E-state index contributed by atoms with van der Waals surface area (Å²) in [5, 5.41) is 1.20. The van der Waals surface area contributed by atoms with Crippen molar-refractivity contribution in [2.75, 3.05) is 11.4 Å². The molecular formula is C9H14ClN3S. The molecule has 0 aromatic carbocycles. The molecule has 1 fully saturated rings. The van der Waals surface area contributed by atoms with Crippen LogP contribution in [0.2, 0.25) is 0 Å². The molecule has 1 saturated heterocycles. The summed E-state index contributed by atoms with van der Waals surface area (Å²) < 4.78 is 4.20. The van der Waals surface area contributed by atoms with Gasteiger partial charge >= 0.3 is 0 Å². The van der Waals surface area contributed by atoms with E-state index in [1.54, 1.807) is 0 Å². The van der Waals surface area contributed by atoms with Crippen LogP contribution in [0.15, 0.2) is 0 Å². The summed E-state index contributed by atoms with van der Waals surface area (Å²) in [6.07, 6.45) is 1.02. The van der Waals surface area contributed by atoms with Crippen molar-refractivity contribution in [1.82, 2.24) is 9.36 Å². The van der Waals surface area contributed by atoms with Crippen molar-refractivity contribution in [3.8, 4) is 0 Å². The van der Waals surface area contributed by atoms with E-state index in [0.29, 0.717) is 0 Å². The first-order valence-electron chi connectivity index (χ1n) is 4.74. The van der Waals surface area contributed by atoms with Crippen LogP contribution in [0.25, 0.3) is 0 Å². The van der Waals surface area contributed by atoms with E-state index in [4.69, 9.17) is 11.6 Å². The average Bonchev–Trinajstić information content (AvgIpc) is 2.60. The van der Waals surface area contributed by atoms with Gasteiger partial charge in [-0.25, -0.2) is 4.98 Å². The number of alkyl halides is 1. The van der Waals surface area contributed by atoms with Gasteiger partial charge in [0.05, 0.1) is 10.9 Å². The fraction of sp³-hybridized carbons (Fsp3) is 0.778. The van der Waals surface area contributed by atoms with Gasteiger partial charge in [-0.15, -0.1) is 11.6 Å². The van der Waals surface area contributed by atoms with E-state index in [1.807, 2.05) is 6.92 Å². The highest BCUT2D eigenvalue weighted by Crippen LogP contribution is 2.37. The third-order valence-corrected chi connectivity index (χ3v) is 4.40. The van der Waals surface area contributed by atoms with Crippen molar-refractivity contribution in [2.45, 2.75) is 38.1 Å². The average molecular weight is 232 g/mol. The first-order valence-corrected chi connectivity index (χ1v) is 5.95. The number of halogens is 1. The van der Waals surface area contributed by atoms with Crippen LogP contribution in [0.3, 0.4) is 0 Å². The van der Waals surface area contributed by atoms with Gasteiger partial charge in [0.1, 0.15) is 5.82 Å². The number of rotatable bonds is 1. The smallest absolute Gasteiger partial charge is 0.205 e. The Morgan fingerprint density at radius 3 is 2.71 bits per heavy atom. The monoisotopic (exact) mass is 231 g/mol. The zero-order valence-electron chi connectivity index (χ0n) is 8.62. The molecule has 0 amide bonds. The van der Waals surface area contributed by atoms with Crippen LogP contribution in [-0.4, -0.2) is 26.8 Å². The maximum atomic E-state index is 6.27. The van der Waals surface area contributed by atoms with Crippen molar-refractivity contribution >= 4 is 28.3 Å². The lowest BCUT2D eigenvalue weighted by Crippen LogP contribution is -2.43.